The van der Waals surface area contributed by atoms with Crippen LogP contribution in [0, 0.1) is 15.5 Å². The van der Waals surface area contributed by atoms with Crippen molar-refractivity contribution in [3.8, 4) is 5.75 Å². The zero-order valence-corrected chi connectivity index (χ0v) is 21.5. The van der Waals surface area contributed by atoms with Crippen molar-refractivity contribution in [1.82, 2.24) is 0 Å². The van der Waals surface area contributed by atoms with Crippen LogP contribution in [-0.2, 0) is 23.8 Å². The highest BCUT2D eigenvalue weighted by Crippen LogP contribution is 2.47. The maximum absolute atomic E-state index is 12.6. The number of benzene rings is 1. The fourth-order valence-corrected chi connectivity index (χ4v) is 4.25. The summed E-state index contributed by atoms with van der Waals surface area (Å²) in [6, 6.07) is 3.81. The number of ether oxygens (including phenoxy) is 4. The minimum atomic E-state index is -2.10. The summed E-state index contributed by atoms with van der Waals surface area (Å²) in [5, 5.41) is 11.5. The van der Waals surface area contributed by atoms with E-state index in [0.717, 1.165) is 20.3 Å². The van der Waals surface area contributed by atoms with E-state index in [9.17, 15) is 19.7 Å². The molecule has 0 saturated carbocycles. The van der Waals surface area contributed by atoms with Gasteiger partial charge >= 0.3 is 11.9 Å². The molecule has 0 heterocycles. The molecule has 1 atom stereocenters. The van der Waals surface area contributed by atoms with Crippen LogP contribution in [0.1, 0.15) is 18.4 Å². The minimum absolute atomic E-state index is 0.0166. The molecule has 0 spiro atoms. The molecule has 1 unspecified atom stereocenters. The number of halogens is 2. The molecule has 0 radical (unpaired) electrons. The third kappa shape index (κ3) is 7.06. The summed E-state index contributed by atoms with van der Waals surface area (Å²) in [6.45, 7) is 7.29. The third-order valence-electron chi connectivity index (χ3n) is 4.98. The van der Waals surface area contributed by atoms with E-state index >= 15 is 0 Å². The van der Waals surface area contributed by atoms with E-state index in [2.05, 4.69) is 19.6 Å². The standard InChI is InChI=1S/C20H29Cl2NO8Si/c1-20(18(24)28-2,19(25)29-3)13(11-23(26)27)16-15(8-7-14(21)17(16)22)31-12-30-9-10-32(4,5)6/h7-8,13H,9-12H2,1-6H3. The molecule has 0 amide bonds. The van der Waals surface area contributed by atoms with E-state index in [4.69, 9.17) is 42.1 Å². The second kappa shape index (κ2) is 11.8. The van der Waals surface area contributed by atoms with Crippen LogP contribution < -0.4 is 4.74 Å². The number of methoxy groups -OCH3 is 2. The first kappa shape index (κ1) is 28.2. The first-order valence-electron chi connectivity index (χ1n) is 9.76. The fourth-order valence-electron chi connectivity index (χ4n) is 3.05. The zero-order chi connectivity index (χ0) is 24.7. The maximum Gasteiger partial charge on any atom is 0.323 e. The van der Waals surface area contributed by atoms with E-state index in [1.807, 2.05) is 0 Å². The van der Waals surface area contributed by atoms with Gasteiger partial charge in [-0.3, -0.25) is 19.7 Å². The normalized spacial score (nSPS) is 12.8. The van der Waals surface area contributed by atoms with Gasteiger partial charge in [-0.2, -0.15) is 0 Å². The summed E-state index contributed by atoms with van der Waals surface area (Å²) in [5.74, 6) is -3.35. The van der Waals surface area contributed by atoms with Gasteiger partial charge in [0.05, 0.1) is 30.2 Å². The highest BCUT2D eigenvalue weighted by atomic mass is 35.5. The number of nitrogens with zero attached hydrogens (tertiary/aromatic N) is 1. The van der Waals surface area contributed by atoms with Crippen LogP contribution in [-0.4, -0.2) is 59.1 Å². The number of esters is 2. The molecule has 0 aliphatic rings. The van der Waals surface area contributed by atoms with Crippen LogP contribution >= 0.6 is 23.2 Å². The largest absolute Gasteiger partial charge is 0.468 e. The molecule has 180 valence electrons. The predicted molar refractivity (Wildman–Crippen MR) is 123 cm³/mol. The molecule has 0 aromatic heterocycles. The number of carbonyl (C=O) groups excluding carboxylic acids is 2. The Morgan fingerprint density at radius 3 is 2.19 bits per heavy atom. The molecule has 12 heteroatoms. The molecule has 32 heavy (non-hydrogen) atoms. The summed E-state index contributed by atoms with van der Waals surface area (Å²) in [7, 11) is 0.826. The smallest absolute Gasteiger partial charge is 0.323 e. The molecule has 1 aromatic rings. The monoisotopic (exact) mass is 509 g/mol. The van der Waals surface area contributed by atoms with Crippen LogP contribution in [0.4, 0.5) is 0 Å². The molecule has 0 bridgehead atoms. The third-order valence-corrected chi connectivity index (χ3v) is 7.51. The SMILES string of the molecule is COC(=O)C(C)(C(=O)OC)C(C[N+](=O)[O-])c1c(OCOCC[Si](C)(C)C)ccc(Cl)c1Cl. The highest BCUT2D eigenvalue weighted by Gasteiger charge is 2.55. The Balaban J connectivity index is 3.46. The van der Waals surface area contributed by atoms with E-state index in [-0.39, 0.29) is 28.2 Å². The van der Waals surface area contributed by atoms with Crippen molar-refractivity contribution in [2.75, 3.05) is 34.2 Å². The van der Waals surface area contributed by atoms with Crippen LogP contribution in [0.15, 0.2) is 12.1 Å². The number of nitro groups is 1. The Morgan fingerprint density at radius 2 is 1.72 bits per heavy atom. The Bertz CT molecular complexity index is 828. The summed E-state index contributed by atoms with van der Waals surface area (Å²) < 4.78 is 20.8. The Kier molecular flexibility index (Phi) is 10.4. The van der Waals surface area contributed by atoms with Gasteiger partial charge in [-0.1, -0.05) is 42.8 Å². The van der Waals surface area contributed by atoms with Crippen LogP contribution in [0.2, 0.25) is 35.7 Å². The van der Waals surface area contributed by atoms with Gasteiger partial charge in [0.15, 0.2) is 12.2 Å². The van der Waals surface area contributed by atoms with Gasteiger partial charge in [0.1, 0.15) is 5.75 Å². The molecule has 0 fully saturated rings. The average molecular weight is 510 g/mol. The molecule has 1 aromatic carbocycles. The lowest BCUT2D eigenvalue weighted by atomic mass is 9.72. The number of hydrogen-bond donors (Lipinski definition) is 0. The number of carbonyl (C=O) groups is 2. The Hall–Kier alpha value is -1.88. The van der Waals surface area contributed by atoms with Crippen LogP contribution in [0.3, 0.4) is 0 Å². The molecule has 0 aliphatic heterocycles. The van der Waals surface area contributed by atoms with Gasteiger partial charge in [-0.15, -0.1) is 0 Å². The lowest BCUT2D eigenvalue weighted by molar-refractivity contribution is -0.485. The Labute approximate surface area is 198 Å². The molecule has 0 saturated heterocycles. The van der Waals surface area contributed by atoms with Crippen molar-refractivity contribution >= 4 is 43.2 Å². The van der Waals surface area contributed by atoms with Crippen molar-refractivity contribution in [2.45, 2.75) is 38.5 Å². The molecule has 9 nitrogen and oxygen atoms in total. The van der Waals surface area contributed by atoms with Crippen LogP contribution in [0.5, 0.6) is 5.75 Å². The topological polar surface area (TPSA) is 114 Å². The fraction of sp³-hybridized carbons (Fsp3) is 0.600. The molecular formula is C20H29Cl2NO8Si. The second-order valence-corrected chi connectivity index (χ2v) is 14.9. The second-order valence-electron chi connectivity index (χ2n) is 8.51. The molecule has 0 aliphatic carbocycles. The summed E-state index contributed by atoms with van der Waals surface area (Å²) in [5.41, 5.74) is -2.08. The van der Waals surface area contributed by atoms with E-state index in [0.29, 0.717) is 6.61 Å². The lowest BCUT2D eigenvalue weighted by Crippen LogP contribution is -2.46. The van der Waals surface area contributed by atoms with Gasteiger partial charge < -0.3 is 18.9 Å². The molecular weight excluding hydrogens is 481 g/mol. The van der Waals surface area contributed by atoms with Gasteiger partial charge in [-0.25, -0.2) is 0 Å². The zero-order valence-electron chi connectivity index (χ0n) is 19.0. The minimum Gasteiger partial charge on any atom is -0.468 e. The van der Waals surface area contributed by atoms with Gasteiger partial charge in [0, 0.05) is 25.2 Å². The van der Waals surface area contributed by atoms with Gasteiger partial charge in [0.25, 0.3) is 0 Å². The number of rotatable bonds is 12. The molecule has 0 N–H and O–H groups in total. The maximum atomic E-state index is 12.6. The summed E-state index contributed by atoms with van der Waals surface area (Å²) in [6.07, 6.45) is 0. The quantitative estimate of drug-likeness (QED) is 0.0773. The Morgan fingerprint density at radius 1 is 1.16 bits per heavy atom. The van der Waals surface area contributed by atoms with Crippen molar-refractivity contribution in [2.24, 2.45) is 5.41 Å². The van der Waals surface area contributed by atoms with E-state index < -0.39 is 42.8 Å². The van der Waals surface area contributed by atoms with Gasteiger partial charge in [0.2, 0.25) is 6.54 Å². The first-order chi connectivity index (χ1) is 14.8. The van der Waals surface area contributed by atoms with Crippen molar-refractivity contribution in [1.29, 1.82) is 0 Å². The van der Waals surface area contributed by atoms with E-state index in [1.165, 1.54) is 19.1 Å². The van der Waals surface area contributed by atoms with Crippen molar-refractivity contribution in [3.05, 3.63) is 37.9 Å². The lowest BCUT2D eigenvalue weighted by Gasteiger charge is -2.32. The van der Waals surface area contributed by atoms with Crippen molar-refractivity contribution in [3.63, 3.8) is 0 Å². The van der Waals surface area contributed by atoms with Gasteiger partial charge in [-0.05, 0) is 25.1 Å². The van der Waals surface area contributed by atoms with E-state index in [1.54, 1.807) is 0 Å². The first-order valence-corrected chi connectivity index (χ1v) is 14.2. The van der Waals surface area contributed by atoms with Crippen molar-refractivity contribution < 1.29 is 33.5 Å². The summed E-state index contributed by atoms with van der Waals surface area (Å²) >= 11 is 12.6. The summed E-state index contributed by atoms with van der Waals surface area (Å²) in [4.78, 5) is 36.1. The molecule has 1 rings (SSSR count). The predicted octanol–water partition coefficient (Wildman–Crippen LogP) is 4.40. The average Bonchev–Trinajstić information content (AvgIpc) is 2.71. The highest BCUT2D eigenvalue weighted by molar-refractivity contribution is 6.76. The number of hydrogen-bond acceptors (Lipinski definition) is 8. The van der Waals surface area contributed by atoms with Crippen LogP contribution in [0.25, 0.3) is 0 Å².